The van der Waals surface area contributed by atoms with E-state index in [2.05, 4.69) is 4.74 Å². The van der Waals surface area contributed by atoms with Gasteiger partial charge in [0.25, 0.3) is 0 Å². The number of hydrogen-bond donors (Lipinski definition) is 0. The smallest absolute Gasteiger partial charge is 0.311 e. The molecule has 1 aromatic rings. The average Bonchev–Trinajstić information content (AvgIpc) is 2.18. The minimum Gasteiger partial charge on any atom is -0.450 e. The molecule has 1 rings (SSSR count). The lowest BCUT2D eigenvalue weighted by Crippen LogP contribution is -2.07. The molecular weight excluding hydrogens is 202 g/mol. The Bertz CT molecular complexity index is 353. The fourth-order valence-corrected chi connectivity index (χ4v) is 1.06. The zero-order chi connectivity index (χ0) is 10.4. The molecule has 0 saturated heterocycles. The number of hydrogen-bond acceptors (Lipinski definition) is 3. The summed E-state index contributed by atoms with van der Waals surface area (Å²) in [4.78, 5) is 11.0. The Morgan fingerprint density at radius 3 is 2.64 bits per heavy atom. The van der Waals surface area contributed by atoms with Crippen LogP contribution in [0, 0.1) is 11.3 Å². The number of benzene rings is 1. The Morgan fingerprint density at radius 1 is 1.43 bits per heavy atom. The van der Waals surface area contributed by atoms with Crippen LogP contribution in [0.3, 0.4) is 0 Å². The second-order valence-corrected chi connectivity index (χ2v) is 3.06. The molecule has 0 N–H and O–H groups in total. The third kappa shape index (κ3) is 3.46. The maximum atomic E-state index is 11.0. The number of nitrogens with zero attached hydrogens (tertiary/aromatic N) is 1. The van der Waals surface area contributed by atoms with Crippen molar-refractivity contribution in [1.29, 1.82) is 5.26 Å². The molecule has 0 unspecified atom stereocenters. The van der Waals surface area contributed by atoms with E-state index in [9.17, 15) is 4.79 Å². The first-order valence-corrected chi connectivity index (χ1v) is 4.37. The van der Waals surface area contributed by atoms with E-state index >= 15 is 0 Å². The molecule has 0 saturated carbocycles. The standard InChI is InChI=1S/C10H8ClNO2/c11-9-3-1-8(2-4-9)7-10(13)14-6-5-12/h1-4H,6-7H2. The van der Waals surface area contributed by atoms with Gasteiger partial charge in [-0.25, -0.2) is 0 Å². The quantitative estimate of drug-likeness (QED) is 0.715. The summed E-state index contributed by atoms with van der Waals surface area (Å²) in [6, 6.07) is 8.63. The third-order valence-electron chi connectivity index (χ3n) is 1.56. The lowest BCUT2D eigenvalue weighted by molar-refractivity contribution is -0.141. The van der Waals surface area contributed by atoms with E-state index in [4.69, 9.17) is 16.9 Å². The van der Waals surface area contributed by atoms with Gasteiger partial charge in [0.1, 0.15) is 6.07 Å². The van der Waals surface area contributed by atoms with Gasteiger partial charge in [0.15, 0.2) is 6.61 Å². The summed E-state index contributed by atoms with van der Waals surface area (Å²) in [5, 5.41) is 8.80. The van der Waals surface area contributed by atoms with E-state index in [1.165, 1.54) is 0 Å². The second-order valence-electron chi connectivity index (χ2n) is 2.62. The lowest BCUT2D eigenvalue weighted by Gasteiger charge is -2.00. The Labute approximate surface area is 86.9 Å². The molecule has 0 spiro atoms. The number of carbonyl (C=O) groups excluding carboxylic acids is 1. The van der Waals surface area contributed by atoms with Crippen LogP contribution in [0.2, 0.25) is 5.02 Å². The van der Waals surface area contributed by atoms with Gasteiger partial charge in [0.2, 0.25) is 0 Å². The predicted octanol–water partition coefficient (Wildman–Crippen LogP) is 1.95. The predicted molar refractivity (Wildman–Crippen MR) is 51.7 cm³/mol. The van der Waals surface area contributed by atoms with Crippen LogP contribution in [0.1, 0.15) is 5.56 Å². The summed E-state index contributed by atoms with van der Waals surface area (Å²) >= 11 is 5.67. The molecule has 72 valence electrons. The van der Waals surface area contributed by atoms with Crippen molar-refractivity contribution in [2.75, 3.05) is 6.61 Å². The Balaban J connectivity index is 2.49. The molecule has 0 aromatic heterocycles. The minimum atomic E-state index is -0.408. The number of nitriles is 1. The highest BCUT2D eigenvalue weighted by Gasteiger charge is 2.03. The van der Waals surface area contributed by atoms with Gasteiger partial charge < -0.3 is 4.74 Å². The van der Waals surface area contributed by atoms with Crippen LogP contribution >= 0.6 is 11.6 Å². The highest BCUT2D eigenvalue weighted by atomic mass is 35.5. The summed E-state index contributed by atoms with van der Waals surface area (Å²) in [7, 11) is 0. The van der Waals surface area contributed by atoms with Crippen molar-refractivity contribution in [2.45, 2.75) is 6.42 Å². The van der Waals surface area contributed by atoms with Gasteiger partial charge in [-0.2, -0.15) is 5.26 Å². The first-order chi connectivity index (χ1) is 6.72. The Kier molecular flexibility index (Phi) is 3.96. The van der Waals surface area contributed by atoms with Gasteiger partial charge in [-0.15, -0.1) is 0 Å². The zero-order valence-corrected chi connectivity index (χ0v) is 8.12. The maximum absolute atomic E-state index is 11.0. The van der Waals surface area contributed by atoms with Gasteiger partial charge in [0, 0.05) is 5.02 Å². The molecule has 0 atom stereocenters. The minimum absolute atomic E-state index is 0.166. The molecule has 0 heterocycles. The molecule has 3 nitrogen and oxygen atoms in total. The maximum Gasteiger partial charge on any atom is 0.311 e. The van der Waals surface area contributed by atoms with Crippen LogP contribution < -0.4 is 0 Å². The van der Waals surface area contributed by atoms with Gasteiger partial charge in [-0.1, -0.05) is 23.7 Å². The summed E-state index contributed by atoms with van der Waals surface area (Å²) in [5.41, 5.74) is 0.817. The second kappa shape index (κ2) is 5.25. The number of esters is 1. The molecule has 0 amide bonds. The first kappa shape index (κ1) is 10.6. The molecule has 0 aliphatic carbocycles. The highest BCUT2D eigenvalue weighted by Crippen LogP contribution is 2.10. The number of ether oxygens (including phenoxy) is 1. The largest absolute Gasteiger partial charge is 0.450 e. The topological polar surface area (TPSA) is 50.1 Å². The number of carbonyl (C=O) groups is 1. The Hall–Kier alpha value is -1.53. The van der Waals surface area contributed by atoms with Crippen molar-refractivity contribution in [1.82, 2.24) is 0 Å². The van der Waals surface area contributed by atoms with E-state index in [1.807, 2.05) is 0 Å². The van der Waals surface area contributed by atoms with E-state index in [0.717, 1.165) is 5.56 Å². The summed E-state index contributed by atoms with van der Waals surface area (Å²) in [6.45, 7) is -0.202. The van der Waals surface area contributed by atoms with Gasteiger partial charge >= 0.3 is 5.97 Å². The van der Waals surface area contributed by atoms with Crippen molar-refractivity contribution >= 4 is 17.6 Å². The van der Waals surface area contributed by atoms with Crippen LogP contribution in [0.25, 0.3) is 0 Å². The fourth-order valence-electron chi connectivity index (χ4n) is 0.933. The molecule has 1 aromatic carbocycles. The molecule has 0 radical (unpaired) electrons. The van der Waals surface area contributed by atoms with E-state index < -0.39 is 5.97 Å². The van der Waals surface area contributed by atoms with Crippen molar-refractivity contribution in [3.8, 4) is 6.07 Å². The SMILES string of the molecule is N#CCOC(=O)Cc1ccc(Cl)cc1. The molecule has 4 heteroatoms. The molecule has 0 fully saturated rings. The van der Waals surface area contributed by atoms with Crippen LogP contribution in [-0.2, 0) is 16.0 Å². The van der Waals surface area contributed by atoms with Crippen LogP contribution in [0.15, 0.2) is 24.3 Å². The highest BCUT2D eigenvalue weighted by molar-refractivity contribution is 6.30. The average molecular weight is 210 g/mol. The van der Waals surface area contributed by atoms with Gasteiger partial charge in [-0.3, -0.25) is 4.79 Å². The molecular formula is C10H8ClNO2. The summed E-state index contributed by atoms with van der Waals surface area (Å²) in [5.74, 6) is -0.408. The Morgan fingerprint density at radius 2 is 2.07 bits per heavy atom. The zero-order valence-electron chi connectivity index (χ0n) is 7.37. The van der Waals surface area contributed by atoms with Crippen LogP contribution in [0.4, 0.5) is 0 Å². The van der Waals surface area contributed by atoms with Crippen molar-refractivity contribution in [2.24, 2.45) is 0 Å². The van der Waals surface area contributed by atoms with E-state index in [1.54, 1.807) is 30.3 Å². The van der Waals surface area contributed by atoms with Crippen LogP contribution in [0.5, 0.6) is 0 Å². The number of rotatable bonds is 3. The monoisotopic (exact) mass is 209 g/mol. The van der Waals surface area contributed by atoms with E-state index in [-0.39, 0.29) is 13.0 Å². The van der Waals surface area contributed by atoms with Gasteiger partial charge in [0.05, 0.1) is 6.42 Å². The molecule has 14 heavy (non-hydrogen) atoms. The van der Waals surface area contributed by atoms with Gasteiger partial charge in [-0.05, 0) is 17.7 Å². The summed E-state index contributed by atoms with van der Waals surface area (Å²) < 4.78 is 4.59. The molecule has 0 aliphatic rings. The molecule has 0 aliphatic heterocycles. The first-order valence-electron chi connectivity index (χ1n) is 3.99. The normalized spacial score (nSPS) is 9.14. The van der Waals surface area contributed by atoms with E-state index in [0.29, 0.717) is 5.02 Å². The molecule has 0 bridgehead atoms. The fraction of sp³-hybridized carbons (Fsp3) is 0.200. The number of halogens is 1. The van der Waals surface area contributed by atoms with Crippen molar-refractivity contribution < 1.29 is 9.53 Å². The lowest BCUT2D eigenvalue weighted by atomic mass is 10.2. The summed E-state index contributed by atoms with van der Waals surface area (Å²) in [6.07, 6.45) is 0.166. The van der Waals surface area contributed by atoms with Crippen molar-refractivity contribution in [3.63, 3.8) is 0 Å². The van der Waals surface area contributed by atoms with Crippen LogP contribution in [-0.4, -0.2) is 12.6 Å². The van der Waals surface area contributed by atoms with Crippen molar-refractivity contribution in [3.05, 3.63) is 34.9 Å². The third-order valence-corrected chi connectivity index (χ3v) is 1.81.